The minimum absolute atomic E-state index is 0.104. The summed E-state index contributed by atoms with van der Waals surface area (Å²) in [6, 6.07) is 4.58. The predicted molar refractivity (Wildman–Crippen MR) is 124 cm³/mol. The predicted octanol–water partition coefficient (Wildman–Crippen LogP) is 7.54. The number of hydrogen-bond donors (Lipinski definition) is 1. The molecule has 0 aliphatic heterocycles. The average Bonchev–Trinajstić information content (AvgIpc) is 2.97. The number of nitrogens with one attached hydrogen (secondary N) is 1. The van der Waals surface area contributed by atoms with Gasteiger partial charge < -0.3 is 0 Å². The molecular formula is C19H27BrCl2NSSiZr. The van der Waals surface area contributed by atoms with Crippen LogP contribution in [0.2, 0.25) is 13.1 Å². The van der Waals surface area contributed by atoms with Crippen LogP contribution < -0.4 is 3.26 Å². The quantitative estimate of drug-likeness (QED) is 0.376. The molecule has 0 amide bonds. The number of halogens is 3. The molecule has 0 saturated heterocycles. The molecule has 7 heteroatoms. The van der Waals surface area contributed by atoms with Crippen LogP contribution in [-0.2, 0) is 22.3 Å². The second-order valence-electron chi connectivity index (χ2n) is 8.93. The first-order valence-electron chi connectivity index (χ1n) is 9.03. The Hall–Kier alpha value is 1.04. The molecule has 0 saturated carbocycles. The first-order chi connectivity index (χ1) is 11.7. The molecule has 0 radical (unpaired) electrons. The molecule has 0 unspecified atom stereocenters. The summed E-state index contributed by atoms with van der Waals surface area (Å²) < 4.78 is 7.62. The normalized spacial score (nSPS) is 17.1. The van der Waals surface area contributed by atoms with Crippen LogP contribution in [0.4, 0.5) is 0 Å². The topological polar surface area (TPSA) is 12.0 Å². The van der Waals surface area contributed by atoms with Gasteiger partial charge in [-0.25, -0.2) is 0 Å². The van der Waals surface area contributed by atoms with E-state index in [-0.39, 0.29) is 5.54 Å². The Labute approximate surface area is 178 Å². The van der Waals surface area contributed by atoms with E-state index in [0.29, 0.717) is 0 Å². The van der Waals surface area contributed by atoms with Crippen molar-refractivity contribution < 1.29 is 15.8 Å². The third kappa shape index (κ3) is 3.53. The van der Waals surface area contributed by atoms with Gasteiger partial charge in [-0.3, -0.25) is 0 Å². The number of aryl methyl sites for hydroxylation is 1. The van der Waals surface area contributed by atoms with E-state index in [4.69, 9.17) is 17.0 Å². The van der Waals surface area contributed by atoms with Gasteiger partial charge in [0.2, 0.25) is 0 Å². The summed E-state index contributed by atoms with van der Waals surface area (Å²) in [5.41, 5.74) is 5.37. The molecule has 1 nitrogen and oxygen atoms in total. The van der Waals surface area contributed by atoms with Gasteiger partial charge in [0.25, 0.3) is 0 Å². The summed E-state index contributed by atoms with van der Waals surface area (Å²) in [6.45, 7) is 15.6. The molecule has 26 heavy (non-hydrogen) atoms. The molecule has 0 bridgehead atoms. The van der Waals surface area contributed by atoms with E-state index in [1.165, 1.54) is 39.4 Å². The number of allylic oxidation sites excluding steroid dienone is 1. The number of fused-ring (bicyclic) bond motifs is 2. The second-order valence-corrected chi connectivity index (χ2v) is 51.0. The molecule has 3 rings (SSSR count). The van der Waals surface area contributed by atoms with E-state index in [1.807, 2.05) is 0 Å². The Balaban J connectivity index is 2.31. The summed E-state index contributed by atoms with van der Waals surface area (Å²) in [7, 11) is 15.2. The van der Waals surface area contributed by atoms with Crippen molar-refractivity contribution >= 4 is 63.6 Å². The Kier molecular flexibility index (Phi) is 5.68. The van der Waals surface area contributed by atoms with Gasteiger partial charge in [-0.05, 0) is 0 Å². The maximum atomic E-state index is 7.61. The van der Waals surface area contributed by atoms with E-state index in [9.17, 15) is 0 Å². The van der Waals surface area contributed by atoms with Gasteiger partial charge in [-0.15, -0.1) is 0 Å². The molecule has 2 aromatic rings. The van der Waals surface area contributed by atoms with Crippen molar-refractivity contribution in [1.29, 1.82) is 0 Å². The van der Waals surface area contributed by atoms with Gasteiger partial charge in [-0.2, -0.15) is 0 Å². The third-order valence-electron chi connectivity index (χ3n) is 5.40. The van der Waals surface area contributed by atoms with Crippen molar-refractivity contribution in [3.8, 4) is 0 Å². The Morgan fingerprint density at radius 2 is 1.81 bits per heavy atom. The molecule has 1 aromatic heterocycles. The first kappa shape index (κ1) is 21.7. The maximum absolute atomic E-state index is 7.61. The van der Waals surface area contributed by atoms with E-state index in [1.54, 1.807) is 11.3 Å². The van der Waals surface area contributed by atoms with Gasteiger partial charge >= 0.3 is 181 Å². The van der Waals surface area contributed by atoms with Gasteiger partial charge in [0.1, 0.15) is 0 Å². The molecule has 0 fully saturated rings. The van der Waals surface area contributed by atoms with Crippen molar-refractivity contribution in [2.45, 2.75) is 59.7 Å². The summed E-state index contributed by atoms with van der Waals surface area (Å²) in [4.78, 5) is 0. The van der Waals surface area contributed by atoms with Crippen LogP contribution in [0, 0.1) is 6.92 Å². The van der Waals surface area contributed by atoms with E-state index < -0.39 is 21.8 Å². The van der Waals surface area contributed by atoms with Crippen molar-refractivity contribution in [2.75, 3.05) is 0 Å². The first-order valence-corrected chi connectivity index (χ1v) is 26.6. The number of hydrogen-bond acceptors (Lipinski definition) is 2. The Morgan fingerprint density at radius 1 is 1.19 bits per heavy atom. The summed E-state index contributed by atoms with van der Waals surface area (Å²) in [5, 5.41) is 1.35. The molecule has 0 spiro atoms. The van der Waals surface area contributed by atoms with Gasteiger partial charge in [0.15, 0.2) is 0 Å². The molecular weight excluding hydrogens is 544 g/mol. The van der Waals surface area contributed by atoms with Gasteiger partial charge in [0.05, 0.1) is 0 Å². The van der Waals surface area contributed by atoms with Crippen LogP contribution in [0.5, 0.6) is 0 Å². The van der Waals surface area contributed by atoms with Crippen molar-refractivity contribution in [3.63, 3.8) is 0 Å². The average molecular weight is 572 g/mol. The third-order valence-corrected chi connectivity index (χ3v) is 52.3. The van der Waals surface area contributed by atoms with E-state index >= 15 is 0 Å². The minimum atomic E-state index is -4.34. The summed E-state index contributed by atoms with van der Waals surface area (Å²) >= 11 is 1.10. The van der Waals surface area contributed by atoms with Gasteiger partial charge in [0, 0.05) is 0 Å². The molecule has 1 heterocycles. The second kappa shape index (κ2) is 6.79. The molecule has 1 N–H and O–H groups in total. The monoisotopic (exact) mass is 568 g/mol. The number of benzene rings is 1. The SMILES string of the molecule is CC1=[C]([Zr]([Cl])([Cl])([NH]C(C)(C)C)[SiH](C)C)c2cc3sc(Br)cc3c(C)c2C1. The molecule has 0 atom stereocenters. The number of rotatable bonds is 3. The van der Waals surface area contributed by atoms with E-state index in [2.05, 4.69) is 79.0 Å². The summed E-state index contributed by atoms with van der Waals surface area (Å²) in [6.07, 6.45) is 0.968. The Bertz CT molecular complexity index is 943. The molecule has 1 aliphatic carbocycles. The molecule has 1 aliphatic rings. The fourth-order valence-corrected chi connectivity index (χ4v) is 32.1. The van der Waals surface area contributed by atoms with Crippen LogP contribution in [0.25, 0.3) is 13.4 Å². The van der Waals surface area contributed by atoms with Crippen LogP contribution >= 0.6 is 44.3 Å². The zero-order valence-corrected chi connectivity index (χ0v) is 24.0. The standard InChI is InChI=1S/C13H10BrS.C4H10N.C2H7Si.2ClH.Zr/c1-7-3-9-5-12-11(6-13(14)15-12)8(2)10(9)4-7;1-4(2,3)5;1-3-2;;;/h5-6H,4H2,1-2H3;5H,1-3H3;3H,1-2H3;2*1H;/q;-1;;;;+3/p-2. The molecule has 143 valence electrons. The Morgan fingerprint density at radius 3 is 2.35 bits per heavy atom. The fraction of sp³-hybridized carbons (Fsp3) is 0.474. The zero-order chi connectivity index (χ0) is 19.7. The van der Waals surface area contributed by atoms with Crippen LogP contribution in [0.3, 0.4) is 0 Å². The van der Waals surface area contributed by atoms with Crippen molar-refractivity contribution in [2.24, 2.45) is 0 Å². The van der Waals surface area contributed by atoms with Crippen LogP contribution in [0.1, 0.15) is 44.4 Å². The van der Waals surface area contributed by atoms with Gasteiger partial charge in [-0.1, -0.05) is 0 Å². The van der Waals surface area contributed by atoms with Crippen molar-refractivity contribution in [1.82, 2.24) is 3.26 Å². The van der Waals surface area contributed by atoms with Crippen LogP contribution in [0.15, 0.2) is 21.5 Å². The van der Waals surface area contributed by atoms with E-state index in [0.717, 1.165) is 6.42 Å². The van der Waals surface area contributed by atoms with Crippen molar-refractivity contribution in [3.05, 3.63) is 38.2 Å². The fourth-order valence-electron chi connectivity index (χ4n) is 4.21. The van der Waals surface area contributed by atoms with Crippen LogP contribution in [-0.4, -0.2) is 11.5 Å². The number of thiophene rings is 1. The summed E-state index contributed by atoms with van der Waals surface area (Å²) in [5.74, 6) is -1.37. The molecule has 1 aromatic carbocycles. The zero-order valence-electron chi connectivity index (χ0n) is 16.5.